The van der Waals surface area contributed by atoms with Crippen molar-refractivity contribution < 1.29 is 23.0 Å². The van der Waals surface area contributed by atoms with Crippen molar-refractivity contribution in [2.24, 2.45) is 17.8 Å². The fourth-order valence-electron chi connectivity index (χ4n) is 6.30. The molecule has 7 nitrogen and oxygen atoms in total. The van der Waals surface area contributed by atoms with E-state index in [1.807, 2.05) is 4.90 Å². The number of fused-ring (bicyclic) bond motifs is 2. The molecule has 1 aromatic heterocycles. The predicted molar refractivity (Wildman–Crippen MR) is 105 cm³/mol. The number of alkyl halides is 2. The molecule has 5 rings (SSSR count). The van der Waals surface area contributed by atoms with E-state index in [1.165, 1.54) is 14.0 Å². The van der Waals surface area contributed by atoms with Gasteiger partial charge in [0.05, 0.1) is 11.3 Å². The first-order valence-corrected chi connectivity index (χ1v) is 10.7. The third kappa shape index (κ3) is 2.77. The van der Waals surface area contributed by atoms with Crippen molar-refractivity contribution in [3.05, 3.63) is 37.9 Å². The van der Waals surface area contributed by atoms with Crippen LogP contribution in [0.1, 0.15) is 50.0 Å². The Morgan fingerprint density at radius 2 is 1.87 bits per heavy atom. The Morgan fingerprint density at radius 1 is 1.16 bits per heavy atom. The van der Waals surface area contributed by atoms with Crippen LogP contribution in [-0.4, -0.2) is 57.7 Å². The number of allylic oxidation sites excluding steroid dienone is 1. The molecule has 5 unspecified atom stereocenters. The van der Waals surface area contributed by atoms with Gasteiger partial charge in [0.1, 0.15) is 23.6 Å². The monoisotopic (exact) mass is 441 g/mol. The van der Waals surface area contributed by atoms with Crippen molar-refractivity contribution in [2.75, 3.05) is 20.2 Å². The van der Waals surface area contributed by atoms with E-state index in [-0.39, 0.29) is 41.6 Å². The molecule has 3 fully saturated rings. The number of aliphatic hydroxyl groups excluding tert-OH is 1. The summed E-state index contributed by atoms with van der Waals surface area (Å²) < 4.78 is 50.4. The topological polar surface area (TPSA) is 98.4 Å². The zero-order valence-electron chi connectivity index (χ0n) is 17.4. The van der Waals surface area contributed by atoms with Crippen LogP contribution in [0.5, 0.6) is 0 Å². The third-order valence-electron chi connectivity index (χ3n) is 7.83. The molecule has 2 heterocycles. The number of H-pyrrole nitrogens is 2. The molecule has 5 atom stereocenters. The predicted octanol–water partition coefficient (Wildman–Crippen LogP) is 1.95. The number of ether oxygens (including phenoxy) is 1. The Kier molecular flexibility index (Phi) is 4.59. The minimum Gasteiger partial charge on any atom is -0.387 e. The second-order valence-corrected chi connectivity index (χ2v) is 9.42. The maximum atomic E-state index is 16.3. The molecule has 3 aliphatic carbocycles. The smallest absolute Gasteiger partial charge is 0.326 e. The third-order valence-corrected chi connectivity index (χ3v) is 7.83. The Hall–Kier alpha value is -1.91. The lowest BCUT2D eigenvalue weighted by molar-refractivity contribution is -0.162. The lowest BCUT2D eigenvalue weighted by atomic mass is 9.74. The molecule has 31 heavy (non-hydrogen) atoms. The average Bonchev–Trinajstić information content (AvgIpc) is 3.46. The van der Waals surface area contributed by atoms with Crippen LogP contribution in [0.25, 0.3) is 5.57 Å². The Balaban J connectivity index is 1.66. The van der Waals surface area contributed by atoms with E-state index in [0.29, 0.717) is 19.4 Å². The van der Waals surface area contributed by atoms with Gasteiger partial charge in [-0.1, -0.05) is 0 Å². The van der Waals surface area contributed by atoms with Gasteiger partial charge in [0.25, 0.3) is 11.5 Å². The minimum atomic E-state index is -3.16. The summed E-state index contributed by atoms with van der Waals surface area (Å²) in [6.07, 6.45) is -1.47. The first-order chi connectivity index (χ1) is 14.6. The summed E-state index contributed by atoms with van der Waals surface area (Å²) >= 11 is 0. The van der Waals surface area contributed by atoms with Gasteiger partial charge in [0, 0.05) is 32.5 Å². The molecule has 3 N–H and O–H groups in total. The fraction of sp³-hybridized carbons (Fsp3) is 0.714. The second-order valence-electron chi connectivity index (χ2n) is 9.42. The SMILES string of the molecule is COC1c2[nH]c(=O)[nH]c(=O)c2C(C)=C(F)C1(C1CC1)N1CC2CCC(F)(F)C(O)C2C1. The number of aromatic nitrogens is 2. The molecule has 1 aromatic rings. The molecule has 170 valence electrons. The number of hydrogen-bond donors (Lipinski definition) is 3. The zero-order chi connectivity index (χ0) is 22.3. The summed E-state index contributed by atoms with van der Waals surface area (Å²) in [5, 5.41) is 10.3. The highest BCUT2D eigenvalue weighted by atomic mass is 19.3. The van der Waals surface area contributed by atoms with E-state index in [4.69, 9.17) is 4.74 Å². The normalized spacial score (nSPS) is 37.6. The van der Waals surface area contributed by atoms with Crippen LogP contribution in [-0.2, 0) is 4.74 Å². The van der Waals surface area contributed by atoms with Crippen LogP contribution in [0, 0.1) is 17.8 Å². The number of aliphatic hydroxyl groups is 1. The first kappa shape index (κ1) is 21.0. The standard InChI is InChI=1S/C21H26F3N3O4/c1-9-13-14(25-19(30)26-18(13)29)17(31-2)21(15(9)22,11-3-4-11)27-7-10-5-6-20(23,24)16(28)12(10)8-27/h10-12,16-17,28H,3-8H2,1-2H3,(H2,25,26,29,30). The number of likely N-dealkylation sites (tertiary alicyclic amines) is 1. The molecule has 10 heteroatoms. The molecular weight excluding hydrogens is 415 g/mol. The van der Waals surface area contributed by atoms with Gasteiger partial charge >= 0.3 is 5.69 Å². The number of nitrogens with zero attached hydrogens (tertiary/aromatic N) is 1. The lowest BCUT2D eigenvalue weighted by Crippen LogP contribution is -2.58. The molecule has 1 aliphatic heterocycles. The summed E-state index contributed by atoms with van der Waals surface area (Å²) in [7, 11) is 1.39. The number of nitrogens with one attached hydrogen (secondary N) is 2. The highest BCUT2D eigenvalue weighted by molar-refractivity contribution is 5.72. The first-order valence-electron chi connectivity index (χ1n) is 10.7. The molecule has 0 bridgehead atoms. The van der Waals surface area contributed by atoms with Gasteiger partial charge in [0.15, 0.2) is 0 Å². The van der Waals surface area contributed by atoms with Crippen LogP contribution in [0.2, 0.25) is 0 Å². The fourth-order valence-corrected chi connectivity index (χ4v) is 6.30. The van der Waals surface area contributed by atoms with Gasteiger partial charge in [-0.3, -0.25) is 14.7 Å². The van der Waals surface area contributed by atoms with Crippen LogP contribution in [0.15, 0.2) is 15.4 Å². The highest BCUT2D eigenvalue weighted by Crippen LogP contribution is 2.60. The van der Waals surface area contributed by atoms with Crippen molar-refractivity contribution in [3.63, 3.8) is 0 Å². The number of hydrogen-bond acceptors (Lipinski definition) is 5. The van der Waals surface area contributed by atoms with Crippen molar-refractivity contribution in [2.45, 2.75) is 56.3 Å². The molecule has 0 amide bonds. The van der Waals surface area contributed by atoms with E-state index in [9.17, 15) is 23.5 Å². The average molecular weight is 441 g/mol. The molecular formula is C21H26F3N3O4. The van der Waals surface area contributed by atoms with Crippen molar-refractivity contribution >= 4 is 5.57 Å². The maximum Gasteiger partial charge on any atom is 0.326 e. The van der Waals surface area contributed by atoms with Gasteiger partial charge in [-0.15, -0.1) is 0 Å². The highest BCUT2D eigenvalue weighted by Gasteiger charge is 2.65. The molecule has 4 aliphatic rings. The Labute approximate surface area is 176 Å². The molecule has 0 radical (unpaired) electrons. The molecule has 2 saturated carbocycles. The quantitative estimate of drug-likeness (QED) is 0.666. The Morgan fingerprint density at radius 3 is 2.52 bits per heavy atom. The van der Waals surface area contributed by atoms with E-state index in [2.05, 4.69) is 9.97 Å². The van der Waals surface area contributed by atoms with Crippen LogP contribution in [0.3, 0.4) is 0 Å². The minimum absolute atomic E-state index is 0.0448. The summed E-state index contributed by atoms with van der Waals surface area (Å²) in [6.45, 7) is 1.94. The van der Waals surface area contributed by atoms with Gasteiger partial charge in [0.2, 0.25) is 0 Å². The van der Waals surface area contributed by atoms with Crippen LogP contribution >= 0.6 is 0 Å². The zero-order valence-corrected chi connectivity index (χ0v) is 17.4. The van der Waals surface area contributed by atoms with Crippen molar-refractivity contribution in [3.8, 4) is 0 Å². The van der Waals surface area contributed by atoms with E-state index in [1.54, 1.807) is 0 Å². The van der Waals surface area contributed by atoms with Gasteiger partial charge < -0.3 is 14.8 Å². The summed E-state index contributed by atoms with van der Waals surface area (Å²) in [5.41, 5.74) is -2.34. The van der Waals surface area contributed by atoms with E-state index >= 15 is 4.39 Å². The van der Waals surface area contributed by atoms with Crippen molar-refractivity contribution in [1.29, 1.82) is 0 Å². The maximum absolute atomic E-state index is 16.3. The summed E-state index contributed by atoms with van der Waals surface area (Å²) in [5.74, 6) is -4.69. The van der Waals surface area contributed by atoms with Crippen molar-refractivity contribution in [1.82, 2.24) is 14.9 Å². The second kappa shape index (κ2) is 6.79. The van der Waals surface area contributed by atoms with Crippen LogP contribution in [0.4, 0.5) is 13.2 Å². The van der Waals surface area contributed by atoms with Gasteiger partial charge in [-0.05, 0) is 43.6 Å². The van der Waals surface area contributed by atoms with Gasteiger partial charge in [-0.2, -0.15) is 0 Å². The number of aromatic amines is 2. The van der Waals surface area contributed by atoms with E-state index < -0.39 is 53.1 Å². The number of methoxy groups -OCH3 is 1. The van der Waals surface area contributed by atoms with E-state index in [0.717, 1.165) is 0 Å². The Bertz CT molecular complexity index is 1060. The van der Waals surface area contributed by atoms with Crippen LogP contribution < -0.4 is 11.2 Å². The molecule has 1 saturated heterocycles. The molecule has 0 aromatic carbocycles. The van der Waals surface area contributed by atoms with Gasteiger partial charge in [-0.25, -0.2) is 18.0 Å². The lowest BCUT2D eigenvalue weighted by Gasteiger charge is -2.49. The largest absolute Gasteiger partial charge is 0.387 e. The number of halogens is 3. The molecule has 0 spiro atoms. The summed E-state index contributed by atoms with van der Waals surface area (Å²) in [6, 6.07) is 0. The number of rotatable bonds is 3. The summed E-state index contributed by atoms with van der Waals surface area (Å²) in [4.78, 5) is 31.1.